The maximum atomic E-state index is 12.5. The van der Waals surface area contributed by atoms with Gasteiger partial charge in [0, 0.05) is 24.1 Å². The molecule has 3 rings (SSSR count). The second-order valence-corrected chi connectivity index (χ2v) is 5.92. The average Bonchev–Trinajstić information content (AvgIpc) is 2.71. The first-order valence-corrected chi connectivity index (χ1v) is 8.54. The monoisotopic (exact) mass is 371 g/mol. The molecule has 27 heavy (non-hydrogen) atoms. The topological polar surface area (TPSA) is 49.8 Å². The zero-order valence-corrected chi connectivity index (χ0v) is 15.6. The van der Waals surface area contributed by atoms with Crippen molar-refractivity contribution in [3.63, 3.8) is 0 Å². The molecule has 1 heterocycles. The molecule has 0 amide bonds. The third-order valence-corrected chi connectivity index (χ3v) is 4.25. The van der Waals surface area contributed by atoms with Crippen molar-refractivity contribution in [1.82, 2.24) is 4.98 Å². The van der Waals surface area contributed by atoms with Crippen molar-refractivity contribution in [1.29, 1.82) is 0 Å². The van der Waals surface area contributed by atoms with Crippen molar-refractivity contribution >= 4 is 10.8 Å². The number of aromatic nitrogens is 1. The summed E-state index contributed by atoms with van der Waals surface area (Å²) in [5.41, 5.74) is 1.88. The Bertz CT molecular complexity index is 907. The van der Waals surface area contributed by atoms with Gasteiger partial charge in [0.2, 0.25) is 0 Å². The molecule has 0 N–H and O–H groups in total. The molecule has 0 radical (unpaired) electrons. The highest BCUT2D eigenvalue weighted by molar-refractivity contribution is 5.88. The molecule has 3 aromatic rings. The molecule has 0 saturated carbocycles. The molecule has 0 aliphatic rings. The first-order valence-electron chi connectivity index (χ1n) is 8.54. The molecule has 0 aliphatic carbocycles. The second kappa shape index (κ2) is 8.58. The van der Waals surface area contributed by atoms with E-state index in [1.165, 1.54) is 0 Å². The van der Waals surface area contributed by atoms with Gasteiger partial charge in [-0.25, -0.2) is 4.39 Å². The molecular weight excluding hydrogens is 349 g/mol. The number of benzene rings is 2. The summed E-state index contributed by atoms with van der Waals surface area (Å²) in [5.74, 6) is 2.51. The summed E-state index contributed by atoms with van der Waals surface area (Å²) in [6.45, 7) is -0.588. The lowest BCUT2D eigenvalue weighted by atomic mass is 10.0. The number of ether oxygens (including phenoxy) is 4. The highest BCUT2D eigenvalue weighted by Crippen LogP contribution is 2.34. The van der Waals surface area contributed by atoms with Gasteiger partial charge in [-0.15, -0.1) is 0 Å². The third-order valence-electron chi connectivity index (χ3n) is 4.25. The van der Waals surface area contributed by atoms with Crippen LogP contribution in [0.4, 0.5) is 4.39 Å². The largest absolute Gasteiger partial charge is 0.497 e. The van der Waals surface area contributed by atoms with Crippen LogP contribution in [-0.2, 0) is 6.42 Å². The van der Waals surface area contributed by atoms with Crippen LogP contribution in [0.3, 0.4) is 0 Å². The number of hydrogen-bond donors (Lipinski definition) is 0. The fourth-order valence-corrected chi connectivity index (χ4v) is 2.96. The summed E-state index contributed by atoms with van der Waals surface area (Å²) in [6, 6.07) is 11.4. The fraction of sp³-hybridized carbons (Fsp3) is 0.286. The Morgan fingerprint density at radius 3 is 2.26 bits per heavy atom. The summed E-state index contributed by atoms with van der Waals surface area (Å²) < 4.78 is 34.1. The Balaban J connectivity index is 2.04. The second-order valence-electron chi connectivity index (χ2n) is 5.92. The third kappa shape index (κ3) is 4.22. The molecule has 0 spiro atoms. The van der Waals surface area contributed by atoms with Gasteiger partial charge in [-0.3, -0.25) is 4.98 Å². The summed E-state index contributed by atoms with van der Waals surface area (Å²) >= 11 is 0. The molecule has 0 bridgehead atoms. The number of halogens is 1. The van der Waals surface area contributed by atoms with Gasteiger partial charge in [0.15, 0.2) is 11.5 Å². The predicted molar refractivity (Wildman–Crippen MR) is 102 cm³/mol. The molecule has 5 nitrogen and oxygen atoms in total. The smallest absolute Gasteiger partial charge is 0.161 e. The maximum absolute atomic E-state index is 12.5. The van der Waals surface area contributed by atoms with Crippen molar-refractivity contribution in [2.24, 2.45) is 0 Å². The number of pyridine rings is 1. The SMILES string of the molecule is COc1cc(Cc2nccc3cc(OC)c(OCCF)cc23)cc(OC)c1. The molecule has 0 saturated heterocycles. The van der Waals surface area contributed by atoms with Gasteiger partial charge >= 0.3 is 0 Å². The minimum absolute atomic E-state index is 0.0233. The van der Waals surface area contributed by atoms with Gasteiger partial charge in [0.25, 0.3) is 0 Å². The van der Waals surface area contributed by atoms with E-state index in [1.54, 1.807) is 27.5 Å². The minimum Gasteiger partial charge on any atom is -0.497 e. The summed E-state index contributed by atoms with van der Waals surface area (Å²) in [7, 11) is 4.80. The predicted octanol–water partition coefficient (Wildman–Crippen LogP) is 4.20. The van der Waals surface area contributed by atoms with Gasteiger partial charge in [-0.1, -0.05) is 0 Å². The molecule has 0 fully saturated rings. The van der Waals surface area contributed by atoms with Crippen molar-refractivity contribution < 1.29 is 23.3 Å². The molecule has 6 heteroatoms. The van der Waals surface area contributed by atoms with E-state index < -0.39 is 6.67 Å². The van der Waals surface area contributed by atoms with Gasteiger partial charge in [0.05, 0.1) is 27.0 Å². The molecule has 2 aromatic carbocycles. The van der Waals surface area contributed by atoms with E-state index in [0.717, 1.165) is 33.5 Å². The summed E-state index contributed by atoms with van der Waals surface area (Å²) in [4.78, 5) is 4.54. The van der Waals surface area contributed by atoms with Crippen LogP contribution in [0.25, 0.3) is 10.8 Å². The highest BCUT2D eigenvalue weighted by atomic mass is 19.1. The maximum Gasteiger partial charge on any atom is 0.161 e. The van der Waals surface area contributed by atoms with Crippen LogP contribution >= 0.6 is 0 Å². The van der Waals surface area contributed by atoms with Gasteiger partial charge < -0.3 is 18.9 Å². The Labute approximate surface area is 157 Å². The van der Waals surface area contributed by atoms with E-state index in [9.17, 15) is 4.39 Å². The van der Waals surface area contributed by atoms with Crippen LogP contribution in [0.5, 0.6) is 23.0 Å². The molecule has 0 atom stereocenters. The van der Waals surface area contributed by atoms with Gasteiger partial charge in [-0.05, 0) is 41.3 Å². The fourth-order valence-electron chi connectivity index (χ4n) is 2.96. The number of hydrogen-bond acceptors (Lipinski definition) is 5. The van der Waals surface area contributed by atoms with Gasteiger partial charge in [0.1, 0.15) is 24.8 Å². The molecule has 0 aliphatic heterocycles. The van der Waals surface area contributed by atoms with E-state index in [1.807, 2.05) is 36.4 Å². The minimum atomic E-state index is -0.565. The van der Waals surface area contributed by atoms with E-state index in [-0.39, 0.29) is 6.61 Å². The Morgan fingerprint density at radius 2 is 1.63 bits per heavy atom. The highest BCUT2D eigenvalue weighted by Gasteiger charge is 2.12. The van der Waals surface area contributed by atoms with Crippen LogP contribution in [0, 0.1) is 0 Å². The molecular formula is C21H22FNO4. The number of alkyl halides is 1. The first kappa shape index (κ1) is 18.8. The normalized spacial score (nSPS) is 10.7. The van der Waals surface area contributed by atoms with Crippen LogP contribution in [0.15, 0.2) is 42.6 Å². The Hall–Kier alpha value is -3.02. The lowest BCUT2D eigenvalue weighted by Gasteiger charge is -2.13. The van der Waals surface area contributed by atoms with Crippen molar-refractivity contribution in [2.75, 3.05) is 34.6 Å². The van der Waals surface area contributed by atoms with Crippen LogP contribution in [0.2, 0.25) is 0 Å². The zero-order chi connectivity index (χ0) is 19.2. The lowest BCUT2D eigenvalue weighted by Crippen LogP contribution is -2.02. The van der Waals surface area contributed by atoms with Gasteiger partial charge in [-0.2, -0.15) is 0 Å². The summed E-state index contributed by atoms with van der Waals surface area (Å²) in [5, 5.41) is 1.90. The molecule has 142 valence electrons. The lowest BCUT2D eigenvalue weighted by molar-refractivity contribution is 0.260. The summed E-state index contributed by atoms with van der Waals surface area (Å²) in [6.07, 6.45) is 2.34. The number of fused-ring (bicyclic) bond motifs is 1. The number of rotatable bonds is 8. The van der Waals surface area contributed by atoms with Crippen molar-refractivity contribution in [3.8, 4) is 23.0 Å². The van der Waals surface area contributed by atoms with E-state index in [2.05, 4.69) is 4.98 Å². The van der Waals surface area contributed by atoms with Crippen molar-refractivity contribution in [2.45, 2.75) is 6.42 Å². The number of methoxy groups -OCH3 is 3. The van der Waals surface area contributed by atoms with Crippen LogP contribution in [0.1, 0.15) is 11.3 Å². The average molecular weight is 371 g/mol. The van der Waals surface area contributed by atoms with E-state index >= 15 is 0 Å². The molecule has 0 unspecified atom stereocenters. The van der Waals surface area contributed by atoms with Crippen LogP contribution < -0.4 is 18.9 Å². The number of nitrogens with zero attached hydrogens (tertiary/aromatic N) is 1. The van der Waals surface area contributed by atoms with E-state index in [0.29, 0.717) is 17.9 Å². The molecule has 1 aromatic heterocycles. The van der Waals surface area contributed by atoms with E-state index in [4.69, 9.17) is 18.9 Å². The first-order chi connectivity index (χ1) is 13.2. The van der Waals surface area contributed by atoms with Crippen LogP contribution in [-0.4, -0.2) is 39.6 Å². The Kier molecular flexibility index (Phi) is 5.96. The zero-order valence-electron chi connectivity index (χ0n) is 15.6. The van der Waals surface area contributed by atoms with Crippen molar-refractivity contribution in [3.05, 3.63) is 53.9 Å². The Morgan fingerprint density at radius 1 is 0.889 bits per heavy atom. The quantitative estimate of drug-likeness (QED) is 0.594. The standard InChI is InChI=1S/C21H22FNO4/c1-24-16-8-14(9-17(12-16)25-2)10-19-18-13-21(27-7-5-22)20(26-3)11-15(18)4-6-23-19/h4,6,8-9,11-13H,5,7,10H2,1-3H3.